The Balaban J connectivity index is 2.42. The van der Waals surface area contributed by atoms with Crippen molar-refractivity contribution in [3.05, 3.63) is 58.9 Å². The maximum absolute atomic E-state index is 13.3. The lowest BCUT2D eigenvalue weighted by Crippen LogP contribution is -2.16. The van der Waals surface area contributed by atoms with E-state index in [0.717, 1.165) is 16.9 Å². The molecule has 0 N–H and O–H groups in total. The molecule has 2 aromatic rings. The molecule has 2 rings (SSSR count). The molecule has 0 radical (unpaired) electrons. The van der Waals surface area contributed by atoms with E-state index in [1.165, 1.54) is 12.1 Å². The zero-order valence-electron chi connectivity index (χ0n) is 10.5. The fourth-order valence-corrected chi connectivity index (χ4v) is 2.46. The van der Waals surface area contributed by atoms with E-state index in [1.54, 1.807) is 6.07 Å². The zero-order chi connectivity index (χ0) is 13.8. The van der Waals surface area contributed by atoms with Gasteiger partial charge in [0.2, 0.25) is 0 Å². The Morgan fingerprint density at radius 1 is 1.16 bits per heavy atom. The van der Waals surface area contributed by atoms with Gasteiger partial charge in [0, 0.05) is 18.1 Å². The van der Waals surface area contributed by atoms with Crippen LogP contribution in [-0.4, -0.2) is 6.54 Å². The summed E-state index contributed by atoms with van der Waals surface area (Å²) in [6.07, 6.45) is 0. The van der Waals surface area contributed by atoms with E-state index in [9.17, 15) is 4.39 Å². The number of halogens is 3. The second-order valence-electron chi connectivity index (χ2n) is 4.14. The number of nitrogens with zero attached hydrogens (tertiary/aromatic N) is 1. The molecule has 0 aliphatic heterocycles. The lowest BCUT2D eigenvalue weighted by atomic mass is 10.2. The van der Waals surface area contributed by atoms with Gasteiger partial charge in [-0.05, 0) is 42.8 Å². The molecular weight excluding hydrogens is 284 g/mol. The van der Waals surface area contributed by atoms with Gasteiger partial charge in [-0.15, -0.1) is 11.6 Å². The third kappa shape index (κ3) is 3.20. The molecule has 0 atom stereocenters. The van der Waals surface area contributed by atoms with Crippen molar-refractivity contribution in [3.63, 3.8) is 0 Å². The van der Waals surface area contributed by atoms with Crippen LogP contribution >= 0.6 is 23.2 Å². The average Bonchev–Trinajstić information content (AvgIpc) is 2.41. The summed E-state index contributed by atoms with van der Waals surface area (Å²) in [6, 6.07) is 12.1. The van der Waals surface area contributed by atoms with Crippen LogP contribution in [0.25, 0.3) is 0 Å². The highest BCUT2D eigenvalue weighted by atomic mass is 35.5. The maximum atomic E-state index is 13.3. The summed E-state index contributed by atoms with van der Waals surface area (Å²) in [4.78, 5) is 1.96. The van der Waals surface area contributed by atoms with Gasteiger partial charge in [0.1, 0.15) is 5.82 Å². The molecule has 0 fully saturated rings. The molecule has 0 saturated heterocycles. The largest absolute Gasteiger partial charge is 0.340 e. The van der Waals surface area contributed by atoms with Crippen molar-refractivity contribution in [3.8, 4) is 0 Å². The summed E-state index contributed by atoms with van der Waals surface area (Å²) < 4.78 is 13.3. The molecular formula is C15H14Cl2FN. The molecule has 100 valence electrons. The molecule has 0 amide bonds. The highest BCUT2D eigenvalue weighted by Gasteiger charge is 2.12. The van der Waals surface area contributed by atoms with E-state index >= 15 is 0 Å². The number of hydrogen-bond acceptors (Lipinski definition) is 1. The first-order valence-electron chi connectivity index (χ1n) is 6.03. The SMILES string of the molecule is CCN(c1cccc(F)c1)c1ccc(CCl)cc1Cl. The van der Waals surface area contributed by atoms with Gasteiger partial charge in [-0.2, -0.15) is 0 Å². The number of anilines is 2. The Morgan fingerprint density at radius 3 is 2.53 bits per heavy atom. The molecule has 0 spiro atoms. The summed E-state index contributed by atoms with van der Waals surface area (Å²) >= 11 is 12.1. The Kier molecular flexibility index (Phi) is 4.67. The molecule has 0 aliphatic rings. The minimum Gasteiger partial charge on any atom is -0.340 e. The van der Waals surface area contributed by atoms with Crippen molar-refractivity contribution in [1.29, 1.82) is 0 Å². The standard InChI is InChI=1S/C15H14Cl2FN/c1-2-19(13-5-3-4-12(18)9-13)15-7-6-11(10-16)8-14(15)17/h3-9H,2,10H2,1H3. The van der Waals surface area contributed by atoms with Crippen molar-refractivity contribution < 1.29 is 4.39 Å². The Morgan fingerprint density at radius 2 is 1.95 bits per heavy atom. The lowest BCUT2D eigenvalue weighted by Gasteiger charge is -2.24. The van der Waals surface area contributed by atoms with Gasteiger partial charge >= 0.3 is 0 Å². The fourth-order valence-electron chi connectivity index (χ4n) is 1.99. The molecule has 0 heterocycles. The lowest BCUT2D eigenvalue weighted by molar-refractivity contribution is 0.627. The number of rotatable bonds is 4. The highest BCUT2D eigenvalue weighted by molar-refractivity contribution is 6.33. The summed E-state index contributed by atoms with van der Waals surface area (Å²) in [5.41, 5.74) is 2.59. The Labute approximate surface area is 122 Å². The summed E-state index contributed by atoms with van der Waals surface area (Å²) in [5, 5.41) is 0.615. The van der Waals surface area contributed by atoms with E-state index in [-0.39, 0.29) is 5.82 Å². The number of hydrogen-bond donors (Lipinski definition) is 0. The number of benzene rings is 2. The predicted molar refractivity (Wildman–Crippen MR) is 80.1 cm³/mol. The van der Waals surface area contributed by atoms with Crippen LogP contribution < -0.4 is 4.90 Å². The minimum absolute atomic E-state index is 0.260. The predicted octanol–water partition coefficient (Wildman–Crippen LogP) is 5.38. The zero-order valence-corrected chi connectivity index (χ0v) is 12.0. The summed E-state index contributed by atoms with van der Waals surface area (Å²) in [6.45, 7) is 2.69. The van der Waals surface area contributed by atoms with Crippen LogP contribution in [0.15, 0.2) is 42.5 Å². The molecule has 0 aliphatic carbocycles. The van der Waals surface area contributed by atoms with Crippen LogP contribution in [0.5, 0.6) is 0 Å². The molecule has 0 bridgehead atoms. The normalized spacial score (nSPS) is 10.5. The topological polar surface area (TPSA) is 3.24 Å². The Hall–Kier alpha value is -1.25. The second kappa shape index (κ2) is 6.27. The van der Waals surface area contributed by atoms with E-state index < -0.39 is 0 Å². The van der Waals surface area contributed by atoms with Gasteiger partial charge in [-0.25, -0.2) is 4.39 Å². The van der Waals surface area contributed by atoms with Gasteiger partial charge in [0.15, 0.2) is 0 Å². The van der Waals surface area contributed by atoms with Crippen LogP contribution in [-0.2, 0) is 5.88 Å². The highest BCUT2D eigenvalue weighted by Crippen LogP contribution is 2.32. The van der Waals surface area contributed by atoms with E-state index in [1.807, 2.05) is 36.1 Å². The minimum atomic E-state index is -0.260. The van der Waals surface area contributed by atoms with Crippen molar-refractivity contribution in [2.24, 2.45) is 0 Å². The summed E-state index contributed by atoms with van der Waals surface area (Å²) in [5.74, 6) is 0.163. The third-order valence-electron chi connectivity index (χ3n) is 2.89. The van der Waals surface area contributed by atoms with Gasteiger partial charge in [0.25, 0.3) is 0 Å². The molecule has 0 unspecified atom stereocenters. The third-order valence-corrected chi connectivity index (χ3v) is 3.50. The molecule has 19 heavy (non-hydrogen) atoms. The summed E-state index contributed by atoms with van der Waals surface area (Å²) in [7, 11) is 0. The van der Waals surface area contributed by atoms with Crippen LogP contribution in [0.2, 0.25) is 5.02 Å². The first-order chi connectivity index (χ1) is 9.15. The van der Waals surface area contributed by atoms with Gasteiger partial charge in [-0.1, -0.05) is 23.7 Å². The van der Waals surface area contributed by atoms with Crippen LogP contribution in [0, 0.1) is 5.82 Å². The first kappa shape index (κ1) is 14.2. The molecule has 2 aromatic carbocycles. The van der Waals surface area contributed by atoms with Crippen molar-refractivity contribution in [2.45, 2.75) is 12.8 Å². The van der Waals surface area contributed by atoms with Gasteiger partial charge in [-0.3, -0.25) is 0 Å². The van der Waals surface area contributed by atoms with Crippen molar-refractivity contribution in [1.82, 2.24) is 0 Å². The molecule has 4 heteroatoms. The molecule has 1 nitrogen and oxygen atoms in total. The van der Waals surface area contributed by atoms with Crippen molar-refractivity contribution >= 4 is 34.6 Å². The monoisotopic (exact) mass is 297 g/mol. The van der Waals surface area contributed by atoms with E-state index in [2.05, 4.69) is 0 Å². The molecule has 0 aromatic heterocycles. The Bertz CT molecular complexity index is 572. The second-order valence-corrected chi connectivity index (χ2v) is 4.82. The van der Waals surface area contributed by atoms with E-state index in [0.29, 0.717) is 17.4 Å². The van der Waals surface area contributed by atoms with Crippen LogP contribution in [0.1, 0.15) is 12.5 Å². The quantitative estimate of drug-likeness (QED) is 0.685. The van der Waals surface area contributed by atoms with Gasteiger partial charge < -0.3 is 4.90 Å². The smallest absolute Gasteiger partial charge is 0.125 e. The maximum Gasteiger partial charge on any atom is 0.125 e. The van der Waals surface area contributed by atoms with Gasteiger partial charge in [0.05, 0.1) is 10.7 Å². The van der Waals surface area contributed by atoms with Crippen LogP contribution in [0.4, 0.5) is 15.8 Å². The fraction of sp³-hybridized carbons (Fsp3) is 0.200. The van der Waals surface area contributed by atoms with Crippen molar-refractivity contribution in [2.75, 3.05) is 11.4 Å². The first-order valence-corrected chi connectivity index (χ1v) is 6.94. The molecule has 0 saturated carbocycles. The average molecular weight is 298 g/mol. The van der Waals surface area contributed by atoms with Crippen LogP contribution in [0.3, 0.4) is 0 Å². The number of alkyl halides is 1. The van der Waals surface area contributed by atoms with E-state index in [4.69, 9.17) is 23.2 Å².